The summed E-state index contributed by atoms with van der Waals surface area (Å²) >= 11 is 6.31. The summed E-state index contributed by atoms with van der Waals surface area (Å²) < 4.78 is 6.77. The van der Waals surface area contributed by atoms with Crippen LogP contribution in [0.25, 0.3) is 0 Å². The number of imidazole rings is 1. The van der Waals surface area contributed by atoms with Crippen molar-refractivity contribution < 1.29 is 19.7 Å². The van der Waals surface area contributed by atoms with E-state index in [0.29, 0.717) is 25.0 Å². The Kier molecular flexibility index (Phi) is 5.98. The summed E-state index contributed by atoms with van der Waals surface area (Å²) in [5, 5.41) is 19.3. The number of carbonyl (C=O) groups excluding carboxylic acids is 1. The molecule has 0 saturated heterocycles. The lowest BCUT2D eigenvalue weighted by Crippen LogP contribution is -2.29. The second kappa shape index (κ2) is 8.41. The van der Waals surface area contributed by atoms with Crippen LogP contribution in [0.3, 0.4) is 0 Å². The van der Waals surface area contributed by atoms with Gasteiger partial charge in [0.25, 0.3) is 0 Å². The van der Waals surface area contributed by atoms with E-state index >= 15 is 0 Å². The number of methoxy groups -OCH3 is 1. The third-order valence-corrected chi connectivity index (χ3v) is 5.07. The Balaban J connectivity index is 1.82. The van der Waals surface area contributed by atoms with Gasteiger partial charge in [0, 0.05) is 25.4 Å². The molecule has 1 aliphatic carbocycles. The standard InChI is InChI=1S/C20H21ClN2O4/c1-27-20(26)18-14(19(21)16(25)11-15(18)24)7-8-17-22-9-10-23(17)12-13-5-3-2-4-6-13/h2-6,9-11,16,19,24-25H,7-8,12H2,1H3. The van der Waals surface area contributed by atoms with E-state index in [9.17, 15) is 15.0 Å². The van der Waals surface area contributed by atoms with Gasteiger partial charge in [-0.15, -0.1) is 11.6 Å². The molecule has 27 heavy (non-hydrogen) atoms. The predicted octanol–water partition coefficient (Wildman–Crippen LogP) is 2.76. The van der Waals surface area contributed by atoms with Crippen molar-refractivity contribution in [3.05, 3.63) is 77.1 Å². The van der Waals surface area contributed by atoms with Crippen molar-refractivity contribution in [1.82, 2.24) is 9.55 Å². The molecule has 0 saturated carbocycles. The summed E-state index contributed by atoms with van der Waals surface area (Å²) in [6, 6.07) is 10.0. The number of aromatic nitrogens is 2. The number of hydrogen-bond donors (Lipinski definition) is 2. The molecule has 3 rings (SSSR count). The number of halogens is 1. The van der Waals surface area contributed by atoms with Gasteiger partial charge in [0.2, 0.25) is 0 Å². The Morgan fingerprint density at radius 2 is 2.04 bits per heavy atom. The van der Waals surface area contributed by atoms with Crippen LogP contribution in [0.5, 0.6) is 0 Å². The van der Waals surface area contributed by atoms with Crippen LogP contribution < -0.4 is 0 Å². The average molecular weight is 389 g/mol. The molecule has 0 radical (unpaired) electrons. The van der Waals surface area contributed by atoms with Crippen LogP contribution in [0.4, 0.5) is 0 Å². The fourth-order valence-electron chi connectivity index (χ4n) is 3.18. The highest BCUT2D eigenvalue weighted by Gasteiger charge is 2.33. The van der Waals surface area contributed by atoms with E-state index < -0.39 is 17.5 Å². The number of nitrogens with zero attached hydrogens (tertiary/aromatic N) is 2. The number of benzene rings is 1. The first kappa shape index (κ1) is 19.2. The van der Waals surface area contributed by atoms with Crippen molar-refractivity contribution in [3.8, 4) is 0 Å². The molecule has 0 amide bonds. The number of rotatable bonds is 6. The zero-order chi connectivity index (χ0) is 19.4. The minimum absolute atomic E-state index is 0.0176. The molecule has 1 aromatic carbocycles. The number of hydrogen-bond acceptors (Lipinski definition) is 5. The molecule has 0 fully saturated rings. The molecule has 0 aliphatic heterocycles. The van der Waals surface area contributed by atoms with Gasteiger partial charge in [0.15, 0.2) is 0 Å². The normalized spacial score (nSPS) is 19.7. The summed E-state index contributed by atoms with van der Waals surface area (Å²) in [5.41, 5.74) is 1.62. The SMILES string of the molecule is COC(=O)C1=C(CCc2nccn2Cc2ccccc2)C(Cl)C(O)C=C1O. The summed E-state index contributed by atoms with van der Waals surface area (Å²) in [7, 11) is 1.24. The maximum atomic E-state index is 12.1. The quantitative estimate of drug-likeness (QED) is 0.587. The first-order valence-corrected chi connectivity index (χ1v) is 9.03. The largest absolute Gasteiger partial charge is 0.507 e. The van der Waals surface area contributed by atoms with Crippen molar-refractivity contribution >= 4 is 17.6 Å². The molecule has 2 aromatic rings. The fraction of sp³-hybridized carbons (Fsp3) is 0.300. The lowest BCUT2D eigenvalue weighted by Gasteiger charge is -2.25. The Morgan fingerprint density at radius 1 is 1.30 bits per heavy atom. The van der Waals surface area contributed by atoms with E-state index in [-0.39, 0.29) is 11.3 Å². The minimum atomic E-state index is -1.07. The van der Waals surface area contributed by atoms with E-state index in [0.717, 1.165) is 17.5 Å². The number of carbonyl (C=O) groups is 1. The van der Waals surface area contributed by atoms with E-state index in [1.807, 2.05) is 41.1 Å². The van der Waals surface area contributed by atoms with Crippen LogP contribution >= 0.6 is 11.6 Å². The molecular weight excluding hydrogens is 368 g/mol. The van der Waals surface area contributed by atoms with Gasteiger partial charge in [-0.05, 0) is 23.6 Å². The number of aliphatic hydroxyl groups is 2. The van der Waals surface area contributed by atoms with Gasteiger partial charge in [-0.25, -0.2) is 9.78 Å². The molecule has 7 heteroatoms. The minimum Gasteiger partial charge on any atom is -0.507 e. The Hall–Kier alpha value is -2.57. The Labute approximate surface area is 162 Å². The third-order valence-electron chi connectivity index (χ3n) is 4.54. The first-order valence-electron chi connectivity index (χ1n) is 8.60. The zero-order valence-electron chi connectivity index (χ0n) is 14.9. The maximum Gasteiger partial charge on any atom is 0.341 e. The van der Waals surface area contributed by atoms with Crippen LogP contribution in [0, 0.1) is 0 Å². The Bertz CT molecular complexity index is 873. The highest BCUT2D eigenvalue weighted by molar-refractivity contribution is 6.23. The molecular formula is C20H21ClN2O4. The van der Waals surface area contributed by atoms with Gasteiger partial charge >= 0.3 is 5.97 Å². The fourth-order valence-corrected chi connectivity index (χ4v) is 3.47. The summed E-state index contributed by atoms with van der Waals surface area (Å²) in [4.78, 5) is 16.5. The van der Waals surface area contributed by atoms with E-state index in [1.165, 1.54) is 7.11 Å². The Morgan fingerprint density at radius 3 is 2.74 bits per heavy atom. The summed E-state index contributed by atoms with van der Waals surface area (Å²) in [6.07, 6.45) is 4.56. The number of aryl methyl sites for hydroxylation is 1. The maximum absolute atomic E-state index is 12.1. The smallest absolute Gasteiger partial charge is 0.341 e. The highest BCUT2D eigenvalue weighted by atomic mass is 35.5. The van der Waals surface area contributed by atoms with Crippen LogP contribution in [0.2, 0.25) is 0 Å². The van der Waals surface area contributed by atoms with Gasteiger partial charge in [-0.3, -0.25) is 0 Å². The molecule has 1 aromatic heterocycles. The molecule has 1 heterocycles. The van der Waals surface area contributed by atoms with Crippen molar-refractivity contribution in [3.63, 3.8) is 0 Å². The van der Waals surface area contributed by atoms with Crippen molar-refractivity contribution in [2.75, 3.05) is 7.11 Å². The van der Waals surface area contributed by atoms with E-state index in [2.05, 4.69) is 4.98 Å². The van der Waals surface area contributed by atoms with Gasteiger partial charge in [0.05, 0.1) is 18.6 Å². The zero-order valence-corrected chi connectivity index (χ0v) is 15.6. The highest BCUT2D eigenvalue weighted by Crippen LogP contribution is 2.32. The molecule has 2 N–H and O–H groups in total. The molecule has 1 aliphatic rings. The molecule has 2 atom stereocenters. The second-order valence-corrected chi connectivity index (χ2v) is 6.76. The molecule has 0 spiro atoms. The monoisotopic (exact) mass is 388 g/mol. The van der Waals surface area contributed by atoms with Crippen LogP contribution in [0.15, 0.2) is 65.7 Å². The number of alkyl halides is 1. The van der Waals surface area contributed by atoms with Gasteiger partial charge < -0.3 is 19.5 Å². The summed E-state index contributed by atoms with van der Waals surface area (Å²) in [5.74, 6) is -0.166. The van der Waals surface area contributed by atoms with Crippen molar-refractivity contribution in [1.29, 1.82) is 0 Å². The molecule has 142 valence electrons. The molecule has 0 bridgehead atoms. The average Bonchev–Trinajstić information content (AvgIpc) is 3.10. The van der Waals surface area contributed by atoms with Crippen molar-refractivity contribution in [2.24, 2.45) is 0 Å². The van der Waals surface area contributed by atoms with Gasteiger partial charge in [0.1, 0.15) is 17.2 Å². The predicted molar refractivity (Wildman–Crippen MR) is 101 cm³/mol. The third kappa shape index (κ3) is 4.23. The molecule has 2 unspecified atom stereocenters. The summed E-state index contributed by atoms with van der Waals surface area (Å²) in [6.45, 7) is 0.678. The van der Waals surface area contributed by atoms with Gasteiger partial charge in [-0.1, -0.05) is 30.3 Å². The molecule has 6 nitrogen and oxygen atoms in total. The van der Waals surface area contributed by atoms with Crippen LogP contribution in [-0.2, 0) is 22.5 Å². The number of aliphatic hydroxyl groups excluding tert-OH is 2. The van der Waals surface area contributed by atoms with Crippen molar-refractivity contribution in [2.45, 2.75) is 30.9 Å². The van der Waals surface area contributed by atoms with Crippen LogP contribution in [0.1, 0.15) is 17.8 Å². The van der Waals surface area contributed by atoms with Crippen LogP contribution in [-0.4, -0.2) is 44.3 Å². The first-order chi connectivity index (χ1) is 13.0. The second-order valence-electron chi connectivity index (χ2n) is 6.29. The lowest BCUT2D eigenvalue weighted by molar-refractivity contribution is -0.136. The van der Waals surface area contributed by atoms with E-state index in [1.54, 1.807) is 6.20 Å². The van der Waals surface area contributed by atoms with Gasteiger partial charge in [-0.2, -0.15) is 0 Å². The number of esters is 1. The topological polar surface area (TPSA) is 84.6 Å². The lowest BCUT2D eigenvalue weighted by atomic mass is 9.90. The van der Waals surface area contributed by atoms with E-state index in [4.69, 9.17) is 16.3 Å². The number of ether oxygens (including phenoxy) is 1.